The summed E-state index contributed by atoms with van der Waals surface area (Å²) in [5.41, 5.74) is 14.9. The first kappa shape index (κ1) is 39.5. The molecule has 12 aromatic carbocycles. The molecule has 0 atom stereocenters. The molecule has 0 amide bonds. The van der Waals surface area contributed by atoms with Gasteiger partial charge in [0.2, 0.25) is 0 Å². The fourth-order valence-corrected chi connectivity index (χ4v) is 13.3. The number of thiophene rings is 1. The molecule has 3 heteroatoms. The second-order valence-corrected chi connectivity index (χ2v) is 20.6. The lowest BCUT2D eigenvalue weighted by Crippen LogP contribution is -2.17. The van der Waals surface area contributed by atoms with Gasteiger partial charge >= 0.3 is 0 Å². The summed E-state index contributed by atoms with van der Waals surface area (Å²) in [5.74, 6) is 0. The lowest BCUT2D eigenvalue weighted by atomic mass is 9.82. The van der Waals surface area contributed by atoms with Crippen molar-refractivity contribution >= 4 is 114 Å². The number of fused-ring (bicyclic) bond motifs is 17. The van der Waals surface area contributed by atoms with E-state index in [1.165, 1.54) is 96.8 Å². The summed E-state index contributed by atoms with van der Waals surface area (Å²) in [7, 11) is 0. The Labute approximate surface area is 408 Å². The maximum Gasteiger partial charge on any atom is 0.143 e. The molecule has 1 aliphatic rings. The highest BCUT2D eigenvalue weighted by Crippen LogP contribution is 2.54. The second-order valence-electron chi connectivity index (χ2n) is 19.5. The minimum atomic E-state index is -0.186. The Morgan fingerprint density at radius 2 is 0.986 bits per heavy atom. The van der Waals surface area contributed by atoms with Gasteiger partial charge in [0.15, 0.2) is 0 Å². The van der Waals surface area contributed by atoms with Gasteiger partial charge in [-0.25, -0.2) is 0 Å². The summed E-state index contributed by atoms with van der Waals surface area (Å²) < 4.78 is 9.58. The molecule has 0 N–H and O–H groups in total. The Bertz CT molecular complexity index is 4480. The summed E-state index contributed by atoms with van der Waals surface area (Å²) in [6, 6.07) is 83.4. The summed E-state index contributed by atoms with van der Waals surface area (Å²) in [6.07, 6.45) is 0. The predicted molar refractivity (Wildman–Crippen MR) is 300 cm³/mol. The SMILES string of the molecule is CC1(C)c2ccccc2-c2ccc(N(c3ccc(-c4ccc5c(c4)sc4ccccc45)cc3)c3ccc4c5ccccc5c5ccccc5c4c3-c3cccc4oc5c6ccccc6ccc5c34)cc21. The summed E-state index contributed by atoms with van der Waals surface area (Å²) >= 11 is 1.87. The van der Waals surface area contributed by atoms with Crippen molar-refractivity contribution in [1.82, 2.24) is 0 Å². The van der Waals surface area contributed by atoms with Gasteiger partial charge in [0.1, 0.15) is 11.2 Å². The third-order valence-corrected chi connectivity index (χ3v) is 16.6. The quantitative estimate of drug-likeness (QED) is 0.160. The van der Waals surface area contributed by atoms with Crippen LogP contribution in [0.1, 0.15) is 25.0 Å². The van der Waals surface area contributed by atoms with Gasteiger partial charge in [-0.1, -0.05) is 184 Å². The van der Waals surface area contributed by atoms with Crippen molar-refractivity contribution in [2.24, 2.45) is 0 Å². The monoisotopic (exact) mass is 909 g/mol. The topological polar surface area (TPSA) is 16.4 Å². The van der Waals surface area contributed by atoms with Crippen LogP contribution >= 0.6 is 11.3 Å². The highest BCUT2D eigenvalue weighted by Gasteiger charge is 2.36. The van der Waals surface area contributed by atoms with Gasteiger partial charge in [-0.15, -0.1) is 11.3 Å². The lowest BCUT2D eigenvalue weighted by molar-refractivity contribution is 0.660. The zero-order valence-corrected chi connectivity index (χ0v) is 39.4. The van der Waals surface area contributed by atoms with Crippen LogP contribution in [0.3, 0.4) is 0 Å². The maximum absolute atomic E-state index is 6.96. The Morgan fingerprint density at radius 3 is 1.81 bits per heavy atom. The molecule has 0 fully saturated rings. The molecule has 1 aliphatic carbocycles. The van der Waals surface area contributed by atoms with Crippen LogP contribution in [0.5, 0.6) is 0 Å². The first-order valence-electron chi connectivity index (χ1n) is 24.2. The van der Waals surface area contributed by atoms with Gasteiger partial charge in [0.05, 0.1) is 5.69 Å². The van der Waals surface area contributed by atoms with Crippen LogP contribution in [0.2, 0.25) is 0 Å². The normalized spacial score (nSPS) is 13.1. The van der Waals surface area contributed by atoms with Crippen LogP contribution in [0.25, 0.3) is 119 Å². The van der Waals surface area contributed by atoms with E-state index in [0.717, 1.165) is 50.0 Å². The van der Waals surface area contributed by atoms with E-state index >= 15 is 0 Å². The molecule has 0 unspecified atom stereocenters. The van der Waals surface area contributed by atoms with Crippen LogP contribution in [-0.2, 0) is 5.41 Å². The first-order chi connectivity index (χ1) is 34.5. The zero-order valence-electron chi connectivity index (χ0n) is 38.6. The van der Waals surface area contributed by atoms with E-state index in [4.69, 9.17) is 4.42 Å². The molecule has 0 bridgehead atoms. The Morgan fingerprint density at radius 1 is 0.386 bits per heavy atom. The molecule has 0 saturated heterocycles. The molecular formula is C67H43NOS. The minimum Gasteiger partial charge on any atom is -0.455 e. The van der Waals surface area contributed by atoms with E-state index in [2.05, 4.69) is 243 Å². The fraction of sp³-hybridized carbons (Fsp3) is 0.0448. The number of rotatable bonds is 5. The standard InChI is InChI=1S/C67H43NOS/c1-67(2)57-23-11-9-19-49(57)50-35-32-44(39-58(50)67)68(43-30-26-40(27-31-43)42-29-33-52-51-20-10-12-25-61(51)70-62(52)38-42)59-37-36-54-48-18-6-5-16-46(48)47-17-7-8-21-53(47)64(54)65(59)55-22-13-24-60-63(55)56-34-28-41-14-3-4-15-45(41)66(56)69-60/h3-39H,1-2H3. The van der Waals surface area contributed by atoms with Gasteiger partial charge < -0.3 is 9.32 Å². The molecule has 15 rings (SSSR count). The molecule has 328 valence electrons. The smallest absolute Gasteiger partial charge is 0.143 e. The van der Waals surface area contributed by atoms with Gasteiger partial charge in [-0.3, -0.25) is 0 Å². The number of anilines is 3. The van der Waals surface area contributed by atoms with Gasteiger partial charge in [0.25, 0.3) is 0 Å². The Balaban J connectivity index is 1.04. The number of furan rings is 1. The molecule has 70 heavy (non-hydrogen) atoms. The van der Waals surface area contributed by atoms with E-state index in [1.54, 1.807) is 0 Å². The van der Waals surface area contributed by atoms with E-state index in [9.17, 15) is 0 Å². The van der Waals surface area contributed by atoms with Crippen molar-refractivity contribution in [3.8, 4) is 33.4 Å². The van der Waals surface area contributed by atoms with E-state index in [1.807, 2.05) is 11.3 Å². The van der Waals surface area contributed by atoms with Crippen molar-refractivity contribution in [3.05, 3.63) is 236 Å². The molecule has 2 aromatic heterocycles. The minimum absolute atomic E-state index is 0.186. The average Bonchev–Trinajstić information content (AvgIpc) is 4.06. The highest BCUT2D eigenvalue weighted by atomic mass is 32.1. The van der Waals surface area contributed by atoms with Crippen molar-refractivity contribution in [3.63, 3.8) is 0 Å². The highest BCUT2D eigenvalue weighted by molar-refractivity contribution is 7.25. The molecule has 2 heterocycles. The molecule has 0 spiro atoms. The van der Waals surface area contributed by atoms with Crippen molar-refractivity contribution in [2.75, 3.05) is 4.90 Å². The third kappa shape index (κ3) is 5.61. The number of benzene rings is 12. The number of hydrogen-bond donors (Lipinski definition) is 0. The van der Waals surface area contributed by atoms with Crippen LogP contribution < -0.4 is 4.90 Å². The van der Waals surface area contributed by atoms with Gasteiger partial charge in [0, 0.05) is 64.1 Å². The fourth-order valence-electron chi connectivity index (χ4n) is 12.2. The van der Waals surface area contributed by atoms with Crippen LogP contribution in [0.4, 0.5) is 17.1 Å². The molecule has 0 aliphatic heterocycles. The van der Waals surface area contributed by atoms with Gasteiger partial charge in [-0.05, 0) is 126 Å². The van der Waals surface area contributed by atoms with Crippen molar-refractivity contribution in [2.45, 2.75) is 19.3 Å². The van der Waals surface area contributed by atoms with Crippen molar-refractivity contribution < 1.29 is 4.42 Å². The second kappa shape index (κ2) is 14.8. The van der Waals surface area contributed by atoms with Crippen LogP contribution in [0, 0.1) is 0 Å². The predicted octanol–water partition coefficient (Wildman–Crippen LogP) is 19.7. The molecule has 2 nitrogen and oxygen atoms in total. The molecular weight excluding hydrogens is 867 g/mol. The summed E-state index contributed by atoms with van der Waals surface area (Å²) in [4.78, 5) is 2.52. The maximum atomic E-state index is 6.96. The van der Waals surface area contributed by atoms with E-state index < -0.39 is 0 Å². The third-order valence-electron chi connectivity index (χ3n) is 15.4. The Hall–Kier alpha value is -8.50. The average molecular weight is 910 g/mol. The first-order valence-corrected chi connectivity index (χ1v) is 25.1. The van der Waals surface area contributed by atoms with E-state index in [-0.39, 0.29) is 5.41 Å². The number of hydrogen-bond acceptors (Lipinski definition) is 3. The van der Waals surface area contributed by atoms with Crippen molar-refractivity contribution in [1.29, 1.82) is 0 Å². The van der Waals surface area contributed by atoms with Crippen LogP contribution in [0.15, 0.2) is 229 Å². The summed E-state index contributed by atoms with van der Waals surface area (Å²) in [6.45, 7) is 4.75. The molecule has 0 radical (unpaired) electrons. The van der Waals surface area contributed by atoms with E-state index in [0.29, 0.717) is 0 Å². The summed E-state index contributed by atoms with van der Waals surface area (Å²) in [5, 5.41) is 14.5. The largest absolute Gasteiger partial charge is 0.455 e. The van der Waals surface area contributed by atoms with Crippen LogP contribution in [-0.4, -0.2) is 0 Å². The van der Waals surface area contributed by atoms with Gasteiger partial charge in [-0.2, -0.15) is 0 Å². The lowest BCUT2D eigenvalue weighted by Gasteiger charge is -2.31. The zero-order chi connectivity index (χ0) is 46.2. The Kier molecular flexibility index (Phi) is 8.32. The molecule has 14 aromatic rings. The molecule has 0 saturated carbocycles. The number of nitrogens with zero attached hydrogens (tertiary/aromatic N) is 1.